The third-order valence-electron chi connectivity index (χ3n) is 3.38. The summed E-state index contributed by atoms with van der Waals surface area (Å²) in [4.78, 5) is 19.0. The average molecular weight is 335 g/mol. The van der Waals surface area contributed by atoms with Gasteiger partial charge in [0.05, 0.1) is 5.56 Å². The number of fused-ring (bicyclic) bond motifs is 1. The Balaban J connectivity index is 2.39. The van der Waals surface area contributed by atoms with Crippen LogP contribution in [-0.4, -0.2) is 9.97 Å². The second kappa shape index (κ2) is 5.02. The van der Waals surface area contributed by atoms with E-state index in [9.17, 15) is 9.18 Å². The van der Waals surface area contributed by atoms with E-state index in [1.54, 1.807) is 13.0 Å². The molecule has 0 amide bonds. The molecular weight excluding hydrogens is 323 g/mol. The standard InChI is InChI=1S/C15H12BrFN2O/c1-2-3-9-6-10(7-16)11(17)14-12(9)18-13(8-4-5-8)15(20)19-14/h6,8H,4-5,7H2,1H3,(H,19,20). The minimum absolute atomic E-state index is 0.147. The van der Waals surface area contributed by atoms with Gasteiger partial charge in [-0.25, -0.2) is 9.37 Å². The average Bonchev–Trinajstić information content (AvgIpc) is 3.26. The molecule has 0 saturated heterocycles. The molecule has 2 aromatic rings. The topological polar surface area (TPSA) is 45.8 Å². The van der Waals surface area contributed by atoms with Crippen LogP contribution in [0.3, 0.4) is 0 Å². The van der Waals surface area contributed by atoms with Crippen molar-refractivity contribution < 1.29 is 4.39 Å². The van der Waals surface area contributed by atoms with Crippen molar-refractivity contribution in [2.45, 2.75) is 31.0 Å². The first-order chi connectivity index (χ1) is 9.65. The van der Waals surface area contributed by atoms with Crippen LogP contribution in [0.2, 0.25) is 0 Å². The Kier molecular flexibility index (Phi) is 3.35. The Bertz CT molecular complexity index is 812. The Hall–Kier alpha value is -1.67. The molecule has 0 bridgehead atoms. The van der Waals surface area contributed by atoms with Crippen LogP contribution in [0.25, 0.3) is 11.0 Å². The van der Waals surface area contributed by atoms with Crippen molar-refractivity contribution in [3.8, 4) is 11.8 Å². The van der Waals surface area contributed by atoms with E-state index in [-0.39, 0.29) is 17.0 Å². The second-order valence-corrected chi connectivity index (χ2v) is 5.42. The maximum absolute atomic E-state index is 14.3. The van der Waals surface area contributed by atoms with E-state index in [2.05, 4.69) is 37.7 Å². The molecule has 1 heterocycles. The zero-order valence-electron chi connectivity index (χ0n) is 10.9. The number of hydrogen-bond donors (Lipinski definition) is 1. The predicted molar refractivity (Wildman–Crippen MR) is 79.5 cm³/mol. The molecule has 5 heteroatoms. The number of aromatic nitrogens is 2. The number of benzene rings is 1. The number of hydrogen-bond acceptors (Lipinski definition) is 2. The molecule has 0 atom stereocenters. The molecule has 102 valence electrons. The van der Waals surface area contributed by atoms with Crippen molar-refractivity contribution in [3.63, 3.8) is 0 Å². The Morgan fingerprint density at radius 1 is 1.55 bits per heavy atom. The van der Waals surface area contributed by atoms with Crippen molar-refractivity contribution in [3.05, 3.63) is 39.1 Å². The summed E-state index contributed by atoms with van der Waals surface area (Å²) in [6.45, 7) is 1.72. The minimum Gasteiger partial charge on any atom is -0.317 e. The van der Waals surface area contributed by atoms with Gasteiger partial charge in [0.1, 0.15) is 16.7 Å². The lowest BCUT2D eigenvalue weighted by molar-refractivity contribution is 0.625. The van der Waals surface area contributed by atoms with E-state index in [0.29, 0.717) is 27.7 Å². The summed E-state index contributed by atoms with van der Waals surface area (Å²) in [5.74, 6) is 5.52. The number of nitrogens with zero attached hydrogens (tertiary/aromatic N) is 1. The molecule has 1 fully saturated rings. The van der Waals surface area contributed by atoms with Gasteiger partial charge in [-0.1, -0.05) is 21.9 Å². The van der Waals surface area contributed by atoms with Gasteiger partial charge in [-0.2, -0.15) is 0 Å². The maximum atomic E-state index is 14.3. The van der Waals surface area contributed by atoms with Crippen LogP contribution in [0, 0.1) is 17.7 Å². The van der Waals surface area contributed by atoms with Crippen LogP contribution in [0.15, 0.2) is 10.9 Å². The fraction of sp³-hybridized carbons (Fsp3) is 0.333. The van der Waals surface area contributed by atoms with Gasteiger partial charge in [-0.05, 0) is 25.8 Å². The molecule has 20 heavy (non-hydrogen) atoms. The predicted octanol–water partition coefficient (Wildman–Crippen LogP) is 3.21. The van der Waals surface area contributed by atoms with Crippen molar-refractivity contribution in [1.82, 2.24) is 9.97 Å². The van der Waals surface area contributed by atoms with Gasteiger partial charge in [0.25, 0.3) is 5.56 Å². The van der Waals surface area contributed by atoms with Crippen LogP contribution >= 0.6 is 15.9 Å². The molecule has 3 rings (SSSR count). The van der Waals surface area contributed by atoms with Crippen LogP contribution in [-0.2, 0) is 5.33 Å². The van der Waals surface area contributed by atoms with Crippen LogP contribution < -0.4 is 5.56 Å². The first-order valence-corrected chi connectivity index (χ1v) is 7.52. The van der Waals surface area contributed by atoms with Gasteiger partial charge >= 0.3 is 0 Å². The third-order valence-corrected chi connectivity index (χ3v) is 3.99. The maximum Gasteiger partial charge on any atom is 0.270 e. The Labute approximate surface area is 123 Å². The molecule has 1 aromatic carbocycles. The molecule has 0 spiro atoms. The quantitative estimate of drug-likeness (QED) is 0.677. The molecule has 1 aliphatic carbocycles. The smallest absolute Gasteiger partial charge is 0.270 e. The summed E-state index contributed by atoms with van der Waals surface area (Å²) in [6, 6.07) is 1.69. The highest BCUT2D eigenvalue weighted by atomic mass is 79.9. The zero-order chi connectivity index (χ0) is 14.3. The Morgan fingerprint density at radius 2 is 2.30 bits per heavy atom. The van der Waals surface area contributed by atoms with Crippen LogP contribution in [0.4, 0.5) is 4.39 Å². The molecule has 1 aliphatic rings. The number of halogens is 2. The highest BCUT2D eigenvalue weighted by molar-refractivity contribution is 9.08. The lowest BCUT2D eigenvalue weighted by Gasteiger charge is -2.08. The molecule has 0 radical (unpaired) electrons. The largest absolute Gasteiger partial charge is 0.317 e. The normalized spacial score (nSPS) is 14.2. The van der Waals surface area contributed by atoms with E-state index in [1.165, 1.54) is 0 Å². The summed E-state index contributed by atoms with van der Waals surface area (Å²) in [5.41, 5.74) is 1.92. The number of H-pyrrole nitrogens is 1. The lowest BCUT2D eigenvalue weighted by atomic mass is 10.1. The van der Waals surface area contributed by atoms with Crippen LogP contribution in [0.5, 0.6) is 0 Å². The van der Waals surface area contributed by atoms with Crippen molar-refractivity contribution >= 4 is 27.0 Å². The molecule has 1 N–H and O–H groups in total. The number of nitrogens with one attached hydrogen (secondary N) is 1. The van der Waals surface area contributed by atoms with Gasteiger partial charge in [0.15, 0.2) is 5.82 Å². The van der Waals surface area contributed by atoms with E-state index >= 15 is 0 Å². The van der Waals surface area contributed by atoms with Gasteiger partial charge in [-0.15, -0.1) is 5.92 Å². The minimum atomic E-state index is -0.439. The summed E-state index contributed by atoms with van der Waals surface area (Å²) in [7, 11) is 0. The number of alkyl halides is 1. The lowest BCUT2D eigenvalue weighted by Crippen LogP contribution is -2.16. The zero-order valence-corrected chi connectivity index (χ0v) is 12.5. The molecule has 1 saturated carbocycles. The van der Waals surface area contributed by atoms with E-state index in [0.717, 1.165) is 12.8 Å². The van der Waals surface area contributed by atoms with Gasteiger partial charge in [0, 0.05) is 16.8 Å². The monoisotopic (exact) mass is 334 g/mol. The van der Waals surface area contributed by atoms with Gasteiger partial charge < -0.3 is 4.98 Å². The third kappa shape index (κ3) is 2.14. The van der Waals surface area contributed by atoms with Gasteiger partial charge in [-0.3, -0.25) is 4.79 Å². The van der Waals surface area contributed by atoms with Crippen molar-refractivity contribution in [1.29, 1.82) is 0 Å². The molecular formula is C15H12BrFN2O. The van der Waals surface area contributed by atoms with Crippen LogP contribution in [0.1, 0.15) is 42.5 Å². The highest BCUT2D eigenvalue weighted by Gasteiger charge is 2.29. The molecule has 3 nitrogen and oxygen atoms in total. The molecule has 0 aliphatic heterocycles. The molecule has 0 unspecified atom stereocenters. The fourth-order valence-electron chi connectivity index (χ4n) is 2.24. The van der Waals surface area contributed by atoms with Crippen molar-refractivity contribution in [2.75, 3.05) is 0 Å². The number of rotatable bonds is 2. The first-order valence-electron chi connectivity index (χ1n) is 6.39. The highest BCUT2D eigenvalue weighted by Crippen LogP contribution is 2.38. The fourth-order valence-corrected chi connectivity index (χ4v) is 2.65. The van der Waals surface area contributed by atoms with E-state index in [1.807, 2.05) is 0 Å². The van der Waals surface area contributed by atoms with Gasteiger partial charge in [0.2, 0.25) is 0 Å². The summed E-state index contributed by atoms with van der Waals surface area (Å²) >= 11 is 3.24. The number of aromatic amines is 1. The molecule has 1 aromatic heterocycles. The first kappa shape index (κ1) is 13.3. The Morgan fingerprint density at radius 3 is 2.90 bits per heavy atom. The summed E-state index contributed by atoms with van der Waals surface area (Å²) in [6.07, 6.45) is 1.94. The summed E-state index contributed by atoms with van der Waals surface area (Å²) < 4.78 is 14.3. The van der Waals surface area contributed by atoms with E-state index < -0.39 is 5.82 Å². The van der Waals surface area contributed by atoms with Crippen molar-refractivity contribution in [2.24, 2.45) is 0 Å². The second-order valence-electron chi connectivity index (χ2n) is 4.85. The van der Waals surface area contributed by atoms with E-state index in [4.69, 9.17) is 0 Å². The summed E-state index contributed by atoms with van der Waals surface area (Å²) in [5, 5.41) is 0.361. The SMILES string of the molecule is CC#Cc1cc(CBr)c(F)c2[nH]c(=O)c(C3CC3)nc12.